The molecule has 11 nitrogen and oxygen atoms in total. The van der Waals surface area contributed by atoms with Crippen LogP contribution >= 0.6 is 0 Å². The number of aldehydes is 1. The standard InChI is InChI=1S/C50H70N2O9/c1-7-25-52(46(56)24-19-34-15-9-10-16-34)45-32-42(51-61-49(3,4)5)40-30-35(17-11-13-26-53)39(18-12-14-27-54)47-41-31-38(59-37-20-22-43(57-6)36(29-37)33-55)21-23-44(41)60-50(45,48(40)47)58-28-8-2/h8,20-23,29-31,33-35,39,45,47-48,53-54H,2,7,9-19,24-28,32H2,1,3-6H3. The molecule has 6 atom stereocenters. The monoisotopic (exact) mass is 843 g/mol. The molecule has 2 saturated carbocycles. The minimum atomic E-state index is -1.31. The summed E-state index contributed by atoms with van der Waals surface area (Å²) in [6, 6.07) is 10.5. The highest BCUT2D eigenvalue weighted by atomic mass is 16.7. The zero-order valence-electron chi connectivity index (χ0n) is 37.2. The first-order valence-corrected chi connectivity index (χ1v) is 22.9. The molecule has 2 aromatic carbocycles. The number of aliphatic hydroxyl groups excluding tert-OH is 2. The molecule has 0 saturated heterocycles. The fourth-order valence-corrected chi connectivity index (χ4v) is 10.4. The van der Waals surface area contributed by atoms with E-state index in [2.05, 4.69) is 25.6 Å². The molecule has 61 heavy (non-hydrogen) atoms. The Kier molecular flexibility index (Phi) is 16.1. The van der Waals surface area contributed by atoms with Crippen molar-refractivity contribution in [1.29, 1.82) is 0 Å². The molecule has 0 aromatic heterocycles. The summed E-state index contributed by atoms with van der Waals surface area (Å²) in [5, 5.41) is 24.9. The van der Waals surface area contributed by atoms with Crippen molar-refractivity contribution in [3.8, 4) is 23.0 Å². The molecule has 1 amide bonds. The molecule has 334 valence electrons. The van der Waals surface area contributed by atoms with Crippen molar-refractivity contribution in [2.75, 3.05) is 33.5 Å². The van der Waals surface area contributed by atoms with E-state index in [0.717, 1.165) is 61.7 Å². The number of oxime groups is 1. The highest BCUT2D eigenvalue weighted by molar-refractivity contribution is 6.03. The number of nitrogens with zero attached hydrogens (tertiary/aromatic N) is 2. The Morgan fingerprint density at radius 2 is 1.74 bits per heavy atom. The average molecular weight is 843 g/mol. The highest BCUT2D eigenvalue weighted by Gasteiger charge is 2.65. The molecule has 2 fully saturated rings. The minimum absolute atomic E-state index is 0.0764. The minimum Gasteiger partial charge on any atom is -0.496 e. The van der Waals surface area contributed by atoms with Gasteiger partial charge >= 0.3 is 0 Å². The van der Waals surface area contributed by atoms with Gasteiger partial charge in [-0.05, 0) is 119 Å². The van der Waals surface area contributed by atoms with E-state index in [4.69, 9.17) is 28.9 Å². The Morgan fingerprint density at radius 1 is 1.02 bits per heavy atom. The molecule has 6 rings (SSSR count). The number of rotatable bonds is 22. The summed E-state index contributed by atoms with van der Waals surface area (Å²) in [5.41, 5.74) is 2.57. The van der Waals surface area contributed by atoms with E-state index in [0.29, 0.717) is 66.7 Å². The number of ether oxygens (including phenoxy) is 4. The molecule has 0 bridgehead atoms. The molecule has 4 aliphatic rings. The van der Waals surface area contributed by atoms with E-state index in [1.54, 1.807) is 24.3 Å². The van der Waals surface area contributed by atoms with Crippen LogP contribution in [0, 0.1) is 23.7 Å². The van der Waals surface area contributed by atoms with Crippen LogP contribution in [0.15, 0.2) is 65.9 Å². The zero-order chi connectivity index (χ0) is 43.6. The fourth-order valence-electron chi connectivity index (χ4n) is 10.4. The number of carbonyl (C=O) groups is 2. The molecule has 3 aliphatic carbocycles. The van der Waals surface area contributed by atoms with Gasteiger partial charge in [-0.25, -0.2) is 0 Å². The van der Waals surface area contributed by atoms with Crippen molar-refractivity contribution in [2.24, 2.45) is 28.8 Å². The molecular formula is C50H70N2O9. The lowest BCUT2D eigenvalue weighted by Gasteiger charge is -2.60. The first kappa shape index (κ1) is 46.3. The summed E-state index contributed by atoms with van der Waals surface area (Å²) in [6.07, 6.45) is 16.8. The number of unbranched alkanes of at least 4 members (excludes halogenated alkanes) is 2. The molecule has 0 radical (unpaired) electrons. The quantitative estimate of drug-likeness (QED) is 0.0514. The van der Waals surface area contributed by atoms with E-state index < -0.39 is 23.3 Å². The van der Waals surface area contributed by atoms with Crippen LogP contribution in [0.25, 0.3) is 0 Å². The van der Waals surface area contributed by atoms with E-state index in [-0.39, 0.29) is 43.5 Å². The topological polar surface area (TPSA) is 136 Å². The van der Waals surface area contributed by atoms with Gasteiger partial charge < -0.3 is 38.9 Å². The molecule has 6 unspecified atom stereocenters. The predicted molar refractivity (Wildman–Crippen MR) is 237 cm³/mol. The number of allylic oxidation sites excluding steroid dienone is 1. The van der Waals surface area contributed by atoms with Crippen molar-refractivity contribution < 1.29 is 43.6 Å². The Labute approximate surface area is 363 Å². The number of amides is 1. The Morgan fingerprint density at radius 3 is 2.41 bits per heavy atom. The fraction of sp³-hybridized carbons (Fsp3) is 0.620. The van der Waals surface area contributed by atoms with Crippen LogP contribution in [-0.4, -0.2) is 83.9 Å². The normalized spacial score (nSPS) is 25.2. The van der Waals surface area contributed by atoms with Crippen LogP contribution < -0.4 is 14.2 Å². The summed E-state index contributed by atoms with van der Waals surface area (Å²) in [7, 11) is 1.53. The first-order valence-electron chi connectivity index (χ1n) is 22.9. The lowest BCUT2D eigenvalue weighted by Crippen LogP contribution is -2.70. The number of aliphatic hydroxyl groups is 2. The number of carbonyl (C=O) groups excluding carboxylic acids is 2. The summed E-state index contributed by atoms with van der Waals surface area (Å²) in [4.78, 5) is 35.0. The van der Waals surface area contributed by atoms with Gasteiger partial charge in [-0.2, -0.15) is 0 Å². The maximum atomic E-state index is 14.8. The number of hydrogen-bond donors (Lipinski definition) is 2. The summed E-state index contributed by atoms with van der Waals surface area (Å²) < 4.78 is 26.4. The third-order valence-electron chi connectivity index (χ3n) is 13.0. The number of hydrogen-bond acceptors (Lipinski definition) is 10. The Bertz CT molecular complexity index is 1860. The van der Waals surface area contributed by atoms with Gasteiger partial charge in [-0.3, -0.25) is 9.59 Å². The smallest absolute Gasteiger partial charge is 0.239 e. The lowest BCUT2D eigenvalue weighted by molar-refractivity contribution is -0.257. The van der Waals surface area contributed by atoms with Gasteiger partial charge in [-0.1, -0.05) is 62.8 Å². The third-order valence-corrected chi connectivity index (χ3v) is 13.0. The molecule has 1 aliphatic heterocycles. The van der Waals surface area contributed by atoms with E-state index in [9.17, 15) is 19.8 Å². The van der Waals surface area contributed by atoms with Gasteiger partial charge in [-0.15, -0.1) is 6.58 Å². The van der Waals surface area contributed by atoms with Gasteiger partial charge in [0.1, 0.15) is 34.6 Å². The molecular weight excluding hydrogens is 773 g/mol. The van der Waals surface area contributed by atoms with Crippen LogP contribution in [0.3, 0.4) is 0 Å². The highest BCUT2D eigenvalue weighted by Crippen LogP contribution is 2.62. The van der Waals surface area contributed by atoms with Gasteiger partial charge in [0.2, 0.25) is 11.7 Å². The van der Waals surface area contributed by atoms with Gasteiger partial charge in [0.05, 0.1) is 30.9 Å². The SMILES string of the molecule is C=CCOC12Oc3ccc(Oc4ccc(OC)c(C=O)c4)cc3C3C(CCCCO)C(CCCCO)C=C(C(=NOC(C)(C)C)CC1N(CCC)C(=O)CCC1CCCC1)C32. The Balaban J connectivity index is 1.56. The average Bonchev–Trinajstić information content (AvgIpc) is 3.78. The number of fused-ring (bicyclic) bond motifs is 2. The number of benzene rings is 2. The first-order chi connectivity index (χ1) is 29.5. The maximum absolute atomic E-state index is 14.8. The summed E-state index contributed by atoms with van der Waals surface area (Å²) >= 11 is 0. The van der Waals surface area contributed by atoms with Crippen LogP contribution in [0.4, 0.5) is 0 Å². The van der Waals surface area contributed by atoms with Crippen molar-refractivity contribution in [1.82, 2.24) is 4.90 Å². The maximum Gasteiger partial charge on any atom is 0.239 e. The van der Waals surface area contributed by atoms with Crippen LogP contribution in [0.5, 0.6) is 23.0 Å². The van der Waals surface area contributed by atoms with Crippen LogP contribution in [0.1, 0.15) is 139 Å². The second-order valence-electron chi connectivity index (χ2n) is 18.4. The second kappa shape index (κ2) is 21.3. The van der Waals surface area contributed by atoms with Crippen LogP contribution in [0.2, 0.25) is 0 Å². The zero-order valence-corrected chi connectivity index (χ0v) is 37.2. The Hall–Kier alpha value is -4.19. The lowest BCUT2D eigenvalue weighted by atomic mass is 9.55. The molecule has 1 heterocycles. The van der Waals surface area contributed by atoms with Crippen molar-refractivity contribution in [3.05, 3.63) is 71.8 Å². The second-order valence-corrected chi connectivity index (χ2v) is 18.4. The predicted octanol–water partition coefficient (Wildman–Crippen LogP) is 9.94. The van der Waals surface area contributed by atoms with E-state index >= 15 is 0 Å². The summed E-state index contributed by atoms with van der Waals surface area (Å²) in [5.74, 6) is 1.15. The molecule has 11 heteroatoms. The van der Waals surface area contributed by atoms with Gasteiger partial charge in [0.25, 0.3) is 0 Å². The van der Waals surface area contributed by atoms with Gasteiger partial charge in [0, 0.05) is 44.1 Å². The molecule has 2 N–H and O–H groups in total. The largest absolute Gasteiger partial charge is 0.496 e. The van der Waals surface area contributed by atoms with E-state index in [1.165, 1.54) is 32.8 Å². The van der Waals surface area contributed by atoms with Gasteiger partial charge in [0.15, 0.2) is 6.29 Å². The third kappa shape index (κ3) is 10.7. The number of methoxy groups -OCH3 is 1. The van der Waals surface area contributed by atoms with E-state index in [1.807, 2.05) is 37.8 Å². The van der Waals surface area contributed by atoms with Crippen molar-refractivity contribution in [3.63, 3.8) is 0 Å². The van der Waals surface area contributed by atoms with Crippen molar-refractivity contribution in [2.45, 2.75) is 141 Å². The van der Waals surface area contributed by atoms with Crippen LogP contribution in [-0.2, 0) is 14.4 Å². The molecule has 2 aromatic rings. The summed E-state index contributed by atoms with van der Waals surface area (Å²) in [6.45, 7) is 13.1. The van der Waals surface area contributed by atoms with Crippen molar-refractivity contribution >= 4 is 17.9 Å². The molecule has 0 spiro atoms.